The quantitative estimate of drug-likeness (QED) is 0.740. The molecule has 1 aliphatic rings. The number of benzene rings is 3. The Morgan fingerprint density at radius 3 is 2.21 bits per heavy atom. The zero-order valence-corrected chi connectivity index (χ0v) is 15.5. The summed E-state index contributed by atoms with van der Waals surface area (Å²) in [5.41, 5.74) is 1.43. The van der Waals surface area contributed by atoms with Crippen molar-refractivity contribution in [2.75, 3.05) is 4.31 Å². The van der Waals surface area contributed by atoms with Gasteiger partial charge < -0.3 is 5.32 Å². The molecule has 0 aromatic heterocycles. The lowest BCUT2D eigenvalue weighted by Gasteiger charge is -2.14. The summed E-state index contributed by atoms with van der Waals surface area (Å²) in [6, 6.07) is 21.6. The van der Waals surface area contributed by atoms with Crippen molar-refractivity contribution < 1.29 is 18.0 Å². The topological polar surface area (TPSA) is 83.6 Å². The normalized spacial score (nSPS) is 14.6. The van der Waals surface area contributed by atoms with Crippen LogP contribution in [0.5, 0.6) is 0 Å². The fourth-order valence-corrected chi connectivity index (χ4v) is 4.69. The first-order valence-electron chi connectivity index (χ1n) is 8.59. The van der Waals surface area contributed by atoms with Crippen LogP contribution in [-0.2, 0) is 16.6 Å². The van der Waals surface area contributed by atoms with Crippen LogP contribution in [-0.4, -0.2) is 20.2 Å². The number of amides is 2. The van der Waals surface area contributed by atoms with E-state index in [1.165, 1.54) is 18.2 Å². The number of nitrogens with one attached hydrogen (secondary N) is 1. The van der Waals surface area contributed by atoms with Gasteiger partial charge in [-0.15, -0.1) is 0 Å². The van der Waals surface area contributed by atoms with Crippen LogP contribution in [0, 0.1) is 0 Å². The number of anilines is 1. The molecule has 7 heteroatoms. The van der Waals surface area contributed by atoms with Crippen molar-refractivity contribution in [3.8, 4) is 0 Å². The maximum Gasteiger partial charge on any atom is 0.273 e. The van der Waals surface area contributed by atoms with E-state index in [1.54, 1.807) is 30.3 Å². The summed E-state index contributed by atoms with van der Waals surface area (Å²) < 4.78 is 26.6. The Bertz CT molecular complexity index is 1160. The molecule has 1 heterocycles. The second-order valence-corrected chi connectivity index (χ2v) is 8.04. The predicted molar refractivity (Wildman–Crippen MR) is 104 cm³/mol. The number of fused-ring (bicyclic) bond motifs is 1. The van der Waals surface area contributed by atoms with Crippen molar-refractivity contribution in [1.29, 1.82) is 0 Å². The number of rotatable bonds is 4. The number of nitrogens with zero attached hydrogens (tertiary/aromatic N) is 1. The van der Waals surface area contributed by atoms with E-state index in [9.17, 15) is 18.0 Å². The molecule has 0 radical (unpaired) electrons. The van der Waals surface area contributed by atoms with E-state index in [0.29, 0.717) is 6.54 Å². The number of hydrogen-bond acceptors (Lipinski definition) is 4. The van der Waals surface area contributed by atoms with Crippen molar-refractivity contribution >= 4 is 27.5 Å². The Labute approximate surface area is 162 Å². The summed E-state index contributed by atoms with van der Waals surface area (Å²) in [5.74, 6) is -1.04. The summed E-state index contributed by atoms with van der Waals surface area (Å²) in [4.78, 5) is 24.9. The van der Waals surface area contributed by atoms with E-state index in [1.807, 2.05) is 30.3 Å². The van der Waals surface area contributed by atoms with Crippen LogP contribution in [0.3, 0.4) is 0 Å². The highest BCUT2D eigenvalue weighted by atomic mass is 32.2. The fraction of sp³-hybridized carbons (Fsp3) is 0.0476. The highest BCUT2D eigenvalue weighted by Crippen LogP contribution is 2.34. The van der Waals surface area contributed by atoms with Crippen LogP contribution in [0.15, 0.2) is 83.8 Å². The number of para-hydroxylation sites is 1. The summed E-state index contributed by atoms with van der Waals surface area (Å²) in [6.07, 6.45) is 0. The standard InChI is InChI=1S/C21H16N2O4S/c24-20(22-14-15-7-3-1-4-8-15)16-11-12-18-19(13-16)28(26,27)23(21(18)25)17-9-5-2-6-10-17/h1-13H,14H2,(H,22,24). The molecule has 0 saturated heterocycles. The second-order valence-electron chi connectivity index (χ2n) is 6.29. The van der Waals surface area contributed by atoms with Crippen LogP contribution >= 0.6 is 0 Å². The molecule has 3 aromatic carbocycles. The molecule has 0 atom stereocenters. The van der Waals surface area contributed by atoms with Crippen molar-refractivity contribution in [1.82, 2.24) is 5.32 Å². The van der Waals surface area contributed by atoms with Gasteiger partial charge in [0.25, 0.3) is 21.8 Å². The van der Waals surface area contributed by atoms with Crippen LogP contribution in [0.2, 0.25) is 0 Å². The van der Waals surface area contributed by atoms with Crippen molar-refractivity contribution in [2.45, 2.75) is 11.4 Å². The first-order chi connectivity index (χ1) is 13.5. The molecule has 0 fully saturated rings. The lowest BCUT2D eigenvalue weighted by atomic mass is 10.1. The SMILES string of the molecule is O=C(NCc1ccccc1)c1ccc2c(c1)S(=O)(=O)N(c1ccccc1)C2=O. The first-order valence-corrected chi connectivity index (χ1v) is 10.0. The van der Waals surface area contributed by atoms with Crippen LogP contribution in [0.25, 0.3) is 0 Å². The van der Waals surface area contributed by atoms with E-state index >= 15 is 0 Å². The zero-order valence-electron chi connectivity index (χ0n) is 14.7. The minimum Gasteiger partial charge on any atom is -0.348 e. The average molecular weight is 392 g/mol. The molecule has 28 heavy (non-hydrogen) atoms. The number of carbonyl (C=O) groups is 2. The molecule has 6 nitrogen and oxygen atoms in total. The molecule has 140 valence electrons. The highest BCUT2D eigenvalue weighted by Gasteiger charge is 2.42. The van der Waals surface area contributed by atoms with Gasteiger partial charge in [0.1, 0.15) is 4.90 Å². The maximum absolute atomic E-state index is 12.9. The molecule has 0 spiro atoms. The van der Waals surface area contributed by atoms with Gasteiger partial charge in [-0.05, 0) is 35.9 Å². The molecule has 3 aromatic rings. The van der Waals surface area contributed by atoms with Crippen molar-refractivity contribution in [2.24, 2.45) is 0 Å². The monoisotopic (exact) mass is 392 g/mol. The summed E-state index contributed by atoms with van der Waals surface area (Å²) in [6.45, 7) is 0.318. The Kier molecular flexibility index (Phi) is 4.44. The number of carbonyl (C=O) groups excluding carboxylic acids is 2. The fourth-order valence-electron chi connectivity index (χ4n) is 3.07. The van der Waals surface area contributed by atoms with E-state index in [0.717, 1.165) is 9.87 Å². The predicted octanol–water partition coefficient (Wildman–Crippen LogP) is 2.97. The van der Waals surface area contributed by atoms with E-state index in [4.69, 9.17) is 0 Å². The van der Waals surface area contributed by atoms with Gasteiger partial charge in [0, 0.05) is 12.1 Å². The molecule has 0 unspecified atom stereocenters. The van der Waals surface area contributed by atoms with Crippen molar-refractivity contribution in [3.63, 3.8) is 0 Å². The molecular formula is C21H16N2O4S. The summed E-state index contributed by atoms with van der Waals surface area (Å²) >= 11 is 0. The van der Waals surface area contributed by atoms with Gasteiger partial charge in [-0.1, -0.05) is 48.5 Å². The van der Waals surface area contributed by atoms with Gasteiger partial charge in [-0.2, -0.15) is 4.31 Å². The lowest BCUT2D eigenvalue weighted by Crippen LogP contribution is -2.29. The molecule has 0 bridgehead atoms. The smallest absolute Gasteiger partial charge is 0.273 e. The Morgan fingerprint density at radius 2 is 1.54 bits per heavy atom. The number of hydrogen-bond donors (Lipinski definition) is 1. The second kappa shape index (κ2) is 6.94. The molecule has 2 amide bonds. The first kappa shape index (κ1) is 17.9. The maximum atomic E-state index is 12.9. The van der Waals surface area contributed by atoms with Gasteiger partial charge in [0.05, 0.1) is 11.3 Å². The Morgan fingerprint density at radius 1 is 0.893 bits per heavy atom. The van der Waals surface area contributed by atoms with Gasteiger partial charge >= 0.3 is 0 Å². The molecule has 1 N–H and O–H groups in total. The van der Waals surface area contributed by atoms with E-state index < -0.39 is 21.8 Å². The average Bonchev–Trinajstić information content (AvgIpc) is 2.92. The Hall–Kier alpha value is -3.45. The summed E-state index contributed by atoms with van der Waals surface area (Å²) in [5, 5.41) is 2.76. The van der Waals surface area contributed by atoms with Gasteiger partial charge in [-0.25, -0.2) is 8.42 Å². The molecule has 0 saturated carbocycles. The van der Waals surface area contributed by atoms with E-state index in [2.05, 4.69) is 5.32 Å². The van der Waals surface area contributed by atoms with Crippen LogP contribution < -0.4 is 9.62 Å². The Balaban J connectivity index is 1.63. The third-order valence-corrected chi connectivity index (χ3v) is 6.21. The van der Waals surface area contributed by atoms with Gasteiger partial charge in [0.2, 0.25) is 0 Å². The van der Waals surface area contributed by atoms with Crippen LogP contribution in [0.4, 0.5) is 5.69 Å². The van der Waals surface area contributed by atoms with Crippen molar-refractivity contribution in [3.05, 3.63) is 95.6 Å². The van der Waals surface area contributed by atoms with E-state index in [-0.39, 0.29) is 21.7 Å². The van der Waals surface area contributed by atoms with Crippen LogP contribution in [0.1, 0.15) is 26.3 Å². The van der Waals surface area contributed by atoms with Gasteiger partial charge in [0.15, 0.2) is 0 Å². The third-order valence-electron chi connectivity index (χ3n) is 4.46. The third kappa shape index (κ3) is 3.05. The largest absolute Gasteiger partial charge is 0.348 e. The zero-order chi connectivity index (χ0) is 19.7. The summed E-state index contributed by atoms with van der Waals surface area (Å²) in [7, 11) is -4.07. The van der Waals surface area contributed by atoms with Gasteiger partial charge in [-0.3, -0.25) is 9.59 Å². The molecule has 0 aliphatic carbocycles. The minimum absolute atomic E-state index is 0.0588. The number of sulfonamides is 1. The highest BCUT2D eigenvalue weighted by molar-refractivity contribution is 7.94. The minimum atomic E-state index is -4.07. The molecule has 4 rings (SSSR count). The molecule has 1 aliphatic heterocycles. The lowest BCUT2D eigenvalue weighted by molar-refractivity contribution is 0.0948. The molecular weight excluding hydrogens is 376 g/mol.